The molecule has 23 heavy (non-hydrogen) atoms. The van der Waals surface area contributed by atoms with E-state index < -0.39 is 0 Å². The van der Waals surface area contributed by atoms with Crippen molar-refractivity contribution in [2.45, 2.75) is 37.8 Å². The van der Waals surface area contributed by atoms with E-state index in [9.17, 15) is 0 Å². The van der Waals surface area contributed by atoms with E-state index in [0.29, 0.717) is 12.0 Å². The Balaban J connectivity index is 1.39. The highest BCUT2D eigenvalue weighted by atomic mass is 15.3. The maximum atomic E-state index is 4.77. The van der Waals surface area contributed by atoms with E-state index in [1.807, 2.05) is 18.3 Å². The van der Waals surface area contributed by atoms with Crippen LogP contribution in [0, 0.1) is 0 Å². The number of hydrogen-bond donors (Lipinski definition) is 0. The lowest BCUT2D eigenvalue weighted by Crippen LogP contribution is -2.34. The van der Waals surface area contributed by atoms with Crippen LogP contribution in [-0.4, -0.2) is 51.0 Å². The first-order valence-corrected chi connectivity index (χ1v) is 8.33. The molecule has 0 radical (unpaired) electrons. The lowest BCUT2D eigenvalue weighted by molar-refractivity contribution is 0.244. The quantitative estimate of drug-likeness (QED) is 0.840. The van der Waals surface area contributed by atoms with E-state index in [4.69, 9.17) is 4.98 Å². The van der Waals surface area contributed by atoms with Crippen LogP contribution in [0.15, 0.2) is 30.7 Å². The summed E-state index contributed by atoms with van der Waals surface area (Å²) in [6.45, 7) is 2.84. The van der Waals surface area contributed by atoms with Gasteiger partial charge in [-0.05, 0) is 38.4 Å². The monoisotopic (exact) mass is 310 g/mol. The van der Waals surface area contributed by atoms with Gasteiger partial charge in [0.1, 0.15) is 17.5 Å². The molecule has 1 aliphatic carbocycles. The molecular weight excluding hydrogens is 288 g/mol. The summed E-state index contributed by atoms with van der Waals surface area (Å²) in [4.78, 5) is 22.5. The molecule has 4 rings (SSSR count). The van der Waals surface area contributed by atoms with Gasteiger partial charge in [0.2, 0.25) is 0 Å². The topological polar surface area (TPSA) is 58.0 Å². The third kappa shape index (κ3) is 3.32. The molecule has 1 saturated heterocycles. The second-order valence-corrected chi connectivity index (χ2v) is 6.52. The van der Waals surface area contributed by atoms with Gasteiger partial charge in [-0.25, -0.2) is 19.9 Å². The highest BCUT2D eigenvalue weighted by Gasteiger charge is 2.30. The summed E-state index contributed by atoms with van der Waals surface area (Å²) in [7, 11) is 2.15. The Morgan fingerprint density at radius 3 is 2.74 bits per heavy atom. The fourth-order valence-electron chi connectivity index (χ4n) is 3.15. The fraction of sp³-hybridized carbons (Fsp3) is 0.529. The number of anilines is 1. The van der Waals surface area contributed by atoms with E-state index in [1.54, 1.807) is 12.4 Å². The van der Waals surface area contributed by atoms with Crippen molar-refractivity contribution in [2.75, 3.05) is 25.0 Å². The summed E-state index contributed by atoms with van der Waals surface area (Å²) in [5.41, 5.74) is 0. The van der Waals surface area contributed by atoms with Crippen LogP contribution in [-0.2, 0) is 6.54 Å². The second kappa shape index (κ2) is 6.20. The molecule has 120 valence electrons. The predicted molar refractivity (Wildman–Crippen MR) is 88.1 cm³/mol. The number of aromatic nitrogens is 4. The van der Waals surface area contributed by atoms with Crippen molar-refractivity contribution in [1.29, 1.82) is 0 Å². The summed E-state index contributed by atoms with van der Waals surface area (Å²) >= 11 is 0. The normalized spacial score (nSPS) is 21.1. The Morgan fingerprint density at radius 1 is 1.13 bits per heavy atom. The lowest BCUT2D eigenvalue weighted by atomic mass is 10.2. The maximum absolute atomic E-state index is 4.77. The predicted octanol–water partition coefficient (Wildman–Crippen LogP) is 1.85. The smallest absolute Gasteiger partial charge is 0.142 e. The van der Waals surface area contributed by atoms with Crippen molar-refractivity contribution in [3.05, 3.63) is 42.4 Å². The third-order valence-electron chi connectivity index (χ3n) is 4.72. The largest absolute Gasteiger partial charge is 0.355 e. The van der Waals surface area contributed by atoms with E-state index in [-0.39, 0.29) is 0 Å². The van der Waals surface area contributed by atoms with Crippen molar-refractivity contribution < 1.29 is 0 Å². The van der Waals surface area contributed by atoms with Crippen LogP contribution in [0.3, 0.4) is 0 Å². The van der Waals surface area contributed by atoms with Crippen LogP contribution in [0.5, 0.6) is 0 Å². The van der Waals surface area contributed by atoms with E-state index in [2.05, 4.69) is 31.8 Å². The minimum absolute atomic E-state index is 0.512. The van der Waals surface area contributed by atoms with Crippen molar-refractivity contribution in [3.63, 3.8) is 0 Å². The number of nitrogens with zero attached hydrogens (tertiary/aromatic N) is 6. The van der Waals surface area contributed by atoms with Gasteiger partial charge in [0, 0.05) is 43.6 Å². The molecule has 6 nitrogen and oxygen atoms in total. The maximum Gasteiger partial charge on any atom is 0.142 e. The molecule has 0 spiro atoms. The van der Waals surface area contributed by atoms with Crippen molar-refractivity contribution in [1.82, 2.24) is 24.8 Å². The highest BCUT2D eigenvalue weighted by Crippen LogP contribution is 2.38. The van der Waals surface area contributed by atoms with Gasteiger partial charge < -0.3 is 4.90 Å². The minimum Gasteiger partial charge on any atom is -0.355 e. The Kier molecular flexibility index (Phi) is 3.91. The van der Waals surface area contributed by atoms with Gasteiger partial charge in [0.15, 0.2) is 0 Å². The van der Waals surface area contributed by atoms with Gasteiger partial charge in [-0.3, -0.25) is 4.90 Å². The average Bonchev–Trinajstić information content (AvgIpc) is 3.32. The molecule has 6 heteroatoms. The molecule has 3 heterocycles. The molecule has 0 amide bonds. The Labute approximate surface area is 136 Å². The fourth-order valence-corrected chi connectivity index (χ4v) is 3.15. The molecular formula is C17H22N6. The molecule has 2 fully saturated rings. The Bertz CT molecular complexity index is 657. The average molecular weight is 310 g/mol. The van der Waals surface area contributed by atoms with E-state index in [0.717, 1.165) is 43.5 Å². The van der Waals surface area contributed by atoms with E-state index >= 15 is 0 Å². The number of rotatable bonds is 5. The minimum atomic E-state index is 0.512. The van der Waals surface area contributed by atoms with Gasteiger partial charge in [-0.2, -0.15) is 0 Å². The van der Waals surface area contributed by atoms with Crippen molar-refractivity contribution >= 4 is 5.82 Å². The molecule has 0 aromatic carbocycles. The van der Waals surface area contributed by atoms with Crippen LogP contribution in [0.1, 0.15) is 36.8 Å². The molecule has 0 N–H and O–H groups in total. The first-order valence-electron chi connectivity index (χ1n) is 8.33. The van der Waals surface area contributed by atoms with Crippen LogP contribution < -0.4 is 4.90 Å². The van der Waals surface area contributed by atoms with Gasteiger partial charge in [-0.1, -0.05) is 0 Å². The zero-order valence-corrected chi connectivity index (χ0v) is 13.5. The molecule has 0 unspecified atom stereocenters. The third-order valence-corrected chi connectivity index (χ3v) is 4.72. The van der Waals surface area contributed by atoms with Gasteiger partial charge in [-0.15, -0.1) is 0 Å². The highest BCUT2D eigenvalue weighted by molar-refractivity contribution is 5.40. The molecule has 1 aliphatic heterocycles. The SMILES string of the molecule is CN(Cc1ncccn1)[C@@H]1CCN(c2ccnc(C3CC3)n2)C1. The van der Waals surface area contributed by atoms with Crippen molar-refractivity contribution in [3.8, 4) is 0 Å². The first-order chi connectivity index (χ1) is 11.3. The van der Waals surface area contributed by atoms with Crippen LogP contribution >= 0.6 is 0 Å². The molecule has 0 bridgehead atoms. The van der Waals surface area contributed by atoms with Crippen LogP contribution in [0.2, 0.25) is 0 Å². The Hall–Kier alpha value is -2.08. The first kappa shape index (κ1) is 14.5. The van der Waals surface area contributed by atoms with Crippen LogP contribution in [0.25, 0.3) is 0 Å². The van der Waals surface area contributed by atoms with Gasteiger partial charge >= 0.3 is 0 Å². The summed E-state index contributed by atoms with van der Waals surface area (Å²) in [5.74, 6) is 3.59. The van der Waals surface area contributed by atoms with Crippen molar-refractivity contribution in [2.24, 2.45) is 0 Å². The summed E-state index contributed by atoms with van der Waals surface area (Å²) in [6.07, 6.45) is 9.14. The number of hydrogen-bond acceptors (Lipinski definition) is 6. The standard InChI is InChI=1S/C17H22N6/c1-22(12-15-18-7-2-8-19-15)14-6-10-23(11-14)16-5-9-20-17(21-16)13-3-4-13/h2,5,7-9,13-14H,3-4,6,10-12H2,1H3/t14-/m1/s1. The lowest BCUT2D eigenvalue weighted by Gasteiger charge is -2.24. The number of likely N-dealkylation sites (N-methyl/N-ethyl adjacent to an activating group) is 1. The molecule has 2 aromatic rings. The molecule has 2 aromatic heterocycles. The zero-order valence-electron chi connectivity index (χ0n) is 13.5. The van der Waals surface area contributed by atoms with Gasteiger partial charge in [0.05, 0.1) is 6.54 Å². The van der Waals surface area contributed by atoms with E-state index in [1.165, 1.54) is 12.8 Å². The van der Waals surface area contributed by atoms with Gasteiger partial charge in [0.25, 0.3) is 0 Å². The molecule has 1 atom stereocenters. The second-order valence-electron chi connectivity index (χ2n) is 6.52. The Morgan fingerprint density at radius 2 is 1.96 bits per heavy atom. The summed E-state index contributed by atoms with van der Waals surface area (Å²) < 4.78 is 0. The summed E-state index contributed by atoms with van der Waals surface area (Å²) in [6, 6.07) is 4.40. The molecule has 1 saturated carbocycles. The molecule has 2 aliphatic rings. The zero-order chi connectivity index (χ0) is 15.6. The summed E-state index contributed by atoms with van der Waals surface area (Å²) in [5, 5.41) is 0. The van der Waals surface area contributed by atoms with Crippen LogP contribution in [0.4, 0.5) is 5.82 Å².